The number of aryl methyl sites for hydroxylation is 1. The minimum Gasteiger partial charge on any atom is -0.486 e. The number of ketones is 1. The quantitative estimate of drug-likeness (QED) is 0.786. The third-order valence-electron chi connectivity index (χ3n) is 3.69. The Balaban J connectivity index is 1.82. The lowest BCUT2D eigenvalue weighted by atomic mass is 10.1. The summed E-state index contributed by atoms with van der Waals surface area (Å²) in [6.45, 7) is 2.23. The van der Waals surface area contributed by atoms with Gasteiger partial charge in [-0.05, 0) is 25.0 Å². The molecule has 3 rings (SSSR count). The molecular weight excluding hydrogens is 298 g/mol. The number of hydrogen-bond acceptors (Lipinski definition) is 3. The van der Waals surface area contributed by atoms with Crippen LogP contribution < -0.4 is 4.74 Å². The van der Waals surface area contributed by atoms with Crippen molar-refractivity contribution in [3.63, 3.8) is 0 Å². The van der Waals surface area contributed by atoms with E-state index in [1.165, 1.54) is 0 Å². The molecule has 0 bridgehead atoms. The molecule has 0 fully saturated rings. The molecule has 112 valence electrons. The molecule has 1 aromatic carbocycles. The highest BCUT2D eigenvalue weighted by molar-refractivity contribution is 6.31. The van der Waals surface area contributed by atoms with Crippen molar-refractivity contribution in [2.45, 2.75) is 19.8 Å². The lowest BCUT2D eigenvalue weighted by Crippen LogP contribution is -2.07. The second kappa shape index (κ2) is 6.32. The van der Waals surface area contributed by atoms with Gasteiger partial charge in [-0.1, -0.05) is 48.0 Å². The number of Topliss-reactive ketones (excluding diaryl/α,β-unsaturated/α-hetero) is 1. The van der Waals surface area contributed by atoms with Crippen molar-refractivity contribution in [2.24, 2.45) is 0 Å². The fraction of sp³-hybridized carbons (Fsp3) is 0.222. The minimum absolute atomic E-state index is 0.154. The van der Waals surface area contributed by atoms with Crippen molar-refractivity contribution >= 4 is 17.4 Å². The van der Waals surface area contributed by atoms with Crippen molar-refractivity contribution in [3.05, 3.63) is 58.8 Å². The Bertz CT molecular complexity index is 738. The highest BCUT2D eigenvalue weighted by atomic mass is 35.5. The van der Waals surface area contributed by atoms with E-state index in [0.717, 1.165) is 28.8 Å². The van der Waals surface area contributed by atoms with Crippen LogP contribution in [0, 0.1) is 6.92 Å². The number of nitrogens with zero attached hydrogens (tertiary/aromatic N) is 1. The summed E-state index contributed by atoms with van der Waals surface area (Å²) in [7, 11) is 0. The third kappa shape index (κ3) is 3.04. The fourth-order valence-corrected chi connectivity index (χ4v) is 2.70. The Hall–Kier alpha value is -2.13. The molecule has 0 saturated carbocycles. The van der Waals surface area contributed by atoms with Crippen LogP contribution in [-0.2, 0) is 4.79 Å². The van der Waals surface area contributed by atoms with Gasteiger partial charge in [-0.3, -0.25) is 4.79 Å². The molecule has 1 heterocycles. The van der Waals surface area contributed by atoms with Crippen molar-refractivity contribution in [1.29, 1.82) is 0 Å². The lowest BCUT2D eigenvalue weighted by molar-refractivity contribution is -0.115. The van der Waals surface area contributed by atoms with E-state index in [1.807, 2.05) is 49.4 Å². The smallest absolute Gasteiger partial charge is 0.171 e. The van der Waals surface area contributed by atoms with Crippen LogP contribution in [0.25, 0.3) is 11.3 Å². The molecule has 2 aromatic rings. The van der Waals surface area contributed by atoms with E-state index in [1.54, 1.807) is 0 Å². The number of ether oxygens (including phenoxy) is 1. The standard InChI is InChI=1S/C18H16ClNO2/c1-12-10-16(22-11-14-8-5-9-15(14)21)18(19)20-17(12)13-6-3-2-4-7-13/h2-4,6-8,10H,5,9,11H2,1H3. The van der Waals surface area contributed by atoms with Gasteiger partial charge in [0.1, 0.15) is 6.61 Å². The Morgan fingerprint density at radius 2 is 2.05 bits per heavy atom. The molecule has 22 heavy (non-hydrogen) atoms. The van der Waals surface area contributed by atoms with E-state index < -0.39 is 0 Å². The van der Waals surface area contributed by atoms with Gasteiger partial charge in [-0.2, -0.15) is 0 Å². The van der Waals surface area contributed by atoms with Crippen LogP contribution in [0.4, 0.5) is 0 Å². The van der Waals surface area contributed by atoms with Crippen LogP contribution >= 0.6 is 11.6 Å². The summed E-state index contributed by atoms with van der Waals surface area (Å²) in [6, 6.07) is 11.8. The van der Waals surface area contributed by atoms with E-state index in [0.29, 0.717) is 17.3 Å². The molecule has 3 nitrogen and oxygen atoms in total. The van der Waals surface area contributed by atoms with Gasteiger partial charge in [-0.25, -0.2) is 4.98 Å². The monoisotopic (exact) mass is 313 g/mol. The number of aromatic nitrogens is 1. The highest BCUT2D eigenvalue weighted by Gasteiger charge is 2.17. The molecular formula is C18H16ClNO2. The predicted molar refractivity (Wildman–Crippen MR) is 87.2 cm³/mol. The first-order valence-electron chi connectivity index (χ1n) is 7.23. The molecule has 1 aliphatic carbocycles. The molecule has 0 N–H and O–H groups in total. The summed E-state index contributed by atoms with van der Waals surface area (Å²) in [4.78, 5) is 16.0. The Labute approximate surface area is 134 Å². The van der Waals surface area contributed by atoms with Crippen molar-refractivity contribution < 1.29 is 9.53 Å². The van der Waals surface area contributed by atoms with Crippen molar-refractivity contribution in [2.75, 3.05) is 6.61 Å². The van der Waals surface area contributed by atoms with E-state index in [9.17, 15) is 4.79 Å². The van der Waals surface area contributed by atoms with Crippen LogP contribution in [0.3, 0.4) is 0 Å². The summed E-state index contributed by atoms with van der Waals surface area (Å²) in [5.41, 5.74) is 3.56. The van der Waals surface area contributed by atoms with Crippen LogP contribution in [-0.4, -0.2) is 17.4 Å². The van der Waals surface area contributed by atoms with Crippen molar-refractivity contribution in [1.82, 2.24) is 4.98 Å². The molecule has 0 atom stereocenters. The zero-order chi connectivity index (χ0) is 15.5. The first-order valence-corrected chi connectivity index (χ1v) is 7.60. The normalized spacial score (nSPS) is 14.1. The molecule has 1 aliphatic rings. The zero-order valence-corrected chi connectivity index (χ0v) is 13.1. The second-order valence-corrected chi connectivity index (χ2v) is 5.65. The summed E-state index contributed by atoms with van der Waals surface area (Å²) < 4.78 is 5.68. The summed E-state index contributed by atoms with van der Waals surface area (Å²) in [6.07, 6.45) is 3.31. The van der Waals surface area contributed by atoms with Crippen LogP contribution in [0.1, 0.15) is 18.4 Å². The van der Waals surface area contributed by atoms with Gasteiger partial charge >= 0.3 is 0 Å². The number of rotatable bonds is 4. The molecule has 0 radical (unpaired) electrons. The van der Waals surface area contributed by atoms with Gasteiger partial charge in [0.2, 0.25) is 0 Å². The minimum atomic E-state index is 0.154. The van der Waals surface area contributed by atoms with Crippen LogP contribution in [0.5, 0.6) is 5.75 Å². The number of benzene rings is 1. The largest absolute Gasteiger partial charge is 0.486 e. The average Bonchev–Trinajstić information content (AvgIpc) is 2.94. The molecule has 0 spiro atoms. The Morgan fingerprint density at radius 1 is 1.27 bits per heavy atom. The first kappa shape index (κ1) is 14.8. The Kier molecular flexibility index (Phi) is 4.25. The lowest BCUT2D eigenvalue weighted by Gasteiger charge is -2.12. The van der Waals surface area contributed by atoms with E-state index >= 15 is 0 Å². The first-order chi connectivity index (χ1) is 10.6. The van der Waals surface area contributed by atoms with Crippen molar-refractivity contribution in [3.8, 4) is 17.0 Å². The van der Waals surface area contributed by atoms with Crippen LogP contribution in [0.15, 0.2) is 48.0 Å². The number of carbonyl (C=O) groups excluding carboxylic acids is 1. The Morgan fingerprint density at radius 3 is 2.73 bits per heavy atom. The fourth-order valence-electron chi connectivity index (χ4n) is 2.50. The van der Waals surface area contributed by atoms with Gasteiger partial charge in [0.25, 0.3) is 0 Å². The van der Waals surface area contributed by atoms with E-state index in [2.05, 4.69) is 4.98 Å². The molecule has 1 aromatic heterocycles. The summed E-state index contributed by atoms with van der Waals surface area (Å²) >= 11 is 6.23. The summed E-state index contributed by atoms with van der Waals surface area (Å²) in [5, 5.41) is 0.315. The van der Waals surface area contributed by atoms with Gasteiger partial charge in [0.05, 0.1) is 5.69 Å². The number of halogens is 1. The average molecular weight is 314 g/mol. The van der Waals surface area contributed by atoms with Gasteiger partial charge < -0.3 is 4.74 Å². The van der Waals surface area contributed by atoms with Gasteiger partial charge in [-0.15, -0.1) is 0 Å². The molecule has 0 amide bonds. The van der Waals surface area contributed by atoms with Crippen LogP contribution in [0.2, 0.25) is 5.15 Å². The van der Waals surface area contributed by atoms with Gasteiger partial charge in [0.15, 0.2) is 16.7 Å². The van der Waals surface area contributed by atoms with Gasteiger partial charge in [0, 0.05) is 17.6 Å². The molecule has 0 saturated heterocycles. The second-order valence-electron chi connectivity index (χ2n) is 5.29. The maximum absolute atomic E-state index is 11.6. The number of hydrogen-bond donors (Lipinski definition) is 0. The molecule has 0 aliphatic heterocycles. The number of carbonyl (C=O) groups is 1. The zero-order valence-electron chi connectivity index (χ0n) is 12.3. The van der Waals surface area contributed by atoms with E-state index in [-0.39, 0.29) is 12.4 Å². The summed E-state index contributed by atoms with van der Waals surface area (Å²) in [5.74, 6) is 0.668. The predicted octanol–water partition coefficient (Wildman–Crippen LogP) is 4.38. The number of allylic oxidation sites excluding steroid dienone is 1. The SMILES string of the molecule is Cc1cc(OCC2=CCCC2=O)c(Cl)nc1-c1ccccc1. The van der Waals surface area contributed by atoms with E-state index in [4.69, 9.17) is 16.3 Å². The third-order valence-corrected chi connectivity index (χ3v) is 3.96. The molecule has 4 heteroatoms. The maximum atomic E-state index is 11.6. The highest BCUT2D eigenvalue weighted by Crippen LogP contribution is 2.30. The number of pyridine rings is 1. The molecule has 0 unspecified atom stereocenters. The maximum Gasteiger partial charge on any atom is 0.171 e. The topological polar surface area (TPSA) is 39.2 Å².